The number of carbonyl (C=O) groups is 2. The van der Waals surface area contributed by atoms with E-state index in [0.717, 1.165) is 22.3 Å². The third kappa shape index (κ3) is 3.76. The number of hydrogen-bond acceptors (Lipinski definition) is 3. The SMILES string of the molecule is Cn1ccc(=O)n1Cc1ccc(-c2cccc([C@@H]3CCC(=O)NC3=O)c2Cl)cc1. The molecule has 0 unspecified atom stereocenters. The molecule has 1 aliphatic rings. The van der Waals surface area contributed by atoms with Gasteiger partial charge in [-0.25, -0.2) is 4.68 Å². The summed E-state index contributed by atoms with van der Waals surface area (Å²) >= 11 is 6.66. The first-order valence-corrected chi connectivity index (χ1v) is 9.75. The summed E-state index contributed by atoms with van der Waals surface area (Å²) in [5.41, 5.74) is 3.43. The number of nitrogens with zero attached hydrogens (tertiary/aromatic N) is 2. The lowest BCUT2D eigenvalue weighted by Gasteiger charge is -2.23. The monoisotopic (exact) mass is 409 g/mol. The van der Waals surface area contributed by atoms with Gasteiger partial charge in [0, 0.05) is 31.3 Å². The maximum atomic E-state index is 12.2. The van der Waals surface area contributed by atoms with Gasteiger partial charge in [-0.1, -0.05) is 54.1 Å². The van der Waals surface area contributed by atoms with Crippen molar-refractivity contribution in [1.82, 2.24) is 14.7 Å². The molecule has 0 radical (unpaired) electrons. The zero-order chi connectivity index (χ0) is 20.5. The van der Waals surface area contributed by atoms with Gasteiger partial charge in [0.05, 0.1) is 17.5 Å². The topological polar surface area (TPSA) is 73.1 Å². The lowest BCUT2D eigenvalue weighted by atomic mass is 9.88. The zero-order valence-corrected chi connectivity index (χ0v) is 16.6. The number of imide groups is 1. The lowest BCUT2D eigenvalue weighted by molar-refractivity contribution is -0.134. The van der Waals surface area contributed by atoms with Crippen molar-refractivity contribution in [3.63, 3.8) is 0 Å². The standard InChI is InChI=1S/C22H20ClN3O3/c1-25-12-11-20(28)26(25)13-14-5-7-15(8-6-14)16-3-2-4-17(21(16)23)18-9-10-19(27)24-22(18)29/h2-8,11-12,18H,9-10,13H2,1H3,(H,24,27,29)/t18-/m0/s1. The average molecular weight is 410 g/mol. The zero-order valence-electron chi connectivity index (χ0n) is 15.9. The molecule has 6 nitrogen and oxygen atoms in total. The lowest BCUT2D eigenvalue weighted by Crippen LogP contribution is -2.39. The van der Waals surface area contributed by atoms with Gasteiger partial charge in [-0.2, -0.15) is 0 Å². The summed E-state index contributed by atoms with van der Waals surface area (Å²) in [4.78, 5) is 35.5. The van der Waals surface area contributed by atoms with Gasteiger partial charge in [0.15, 0.2) is 0 Å². The fourth-order valence-electron chi connectivity index (χ4n) is 3.68. The van der Waals surface area contributed by atoms with E-state index in [1.54, 1.807) is 15.6 Å². The number of piperidine rings is 1. The van der Waals surface area contributed by atoms with Crippen LogP contribution in [0.5, 0.6) is 0 Å². The van der Waals surface area contributed by atoms with Crippen molar-refractivity contribution in [2.45, 2.75) is 25.3 Å². The van der Waals surface area contributed by atoms with Crippen molar-refractivity contribution in [1.29, 1.82) is 0 Å². The Morgan fingerprint density at radius 1 is 1.07 bits per heavy atom. The van der Waals surface area contributed by atoms with Gasteiger partial charge in [-0.05, 0) is 23.1 Å². The summed E-state index contributed by atoms with van der Waals surface area (Å²) in [6.07, 6.45) is 2.50. The highest BCUT2D eigenvalue weighted by Gasteiger charge is 2.30. The Bertz CT molecular complexity index is 1140. The molecule has 1 atom stereocenters. The quantitative estimate of drug-likeness (QED) is 0.673. The van der Waals surface area contributed by atoms with E-state index in [1.165, 1.54) is 6.07 Å². The van der Waals surface area contributed by atoms with Gasteiger partial charge in [0.1, 0.15) is 0 Å². The maximum absolute atomic E-state index is 12.2. The van der Waals surface area contributed by atoms with Gasteiger partial charge < -0.3 is 0 Å². The number of carbonyl (C=O) groups excluding carboxylic acids is 2. The van der Waals surface area contributed by atoms with Crippen LogP contribution in [0, 0.1) is 0 Å². The van der Waals surface area contributed by atoms with Crippen LogP contribution in [0.25, 0.3) is 11.1 Å². The van der Waals surface area contributed by atoms with Crippen LogP contribution < -0.4 is 10.9 Å². The van der Waals surface area contributed by atoms with Crippen LogP contribution in [-0.4, -0.2) is 21.2 Å². The van der Waals surface area contributed by atoms with Crippen LogP contribution in [0.15, 0.2) is 59.5 Å². The molecule has 1 saturated heterocycles. The van der Waals surface area contributed by atoms with E-state index in [-0.39, 0.29) is 17.4 Å². The highest BCUT2D eigenvalue weighted by molar-refractivity contribution is 6.34. The number of rotatable bonds is 4. The Labute approximate surface area is 172 Å². The second kappa shape index (κ2) is 7.72. The largest absolute Gasteiger partial charge is 0.296 e. The second-order valence-electron chi connectivity index (χ2n) is 7.19. The molecule has 1 N–H and O–H groups in total. The van der Waals surface area contributed by atoms with Crippen molar-refractivity contribution in [2.75, 3.05) is 0 Å². The van der Waals surface area contributed by atoms with E-state index in [1.807, 2.05) is 49.5 Å². The number of hydrogen-bond donors (Lipinski definition) is 1. The van der Waals surface area contributed by atoms with Crippen LogP contribution in [0.3, 0.4) is 0 Å². The molecule has 1 fully saturated rings. The normalized spacial score (nSPS) is 16.7. The Hall–Kier alpha value is -3.12. The van der Waals surface area contributed by atoms with Crippen LogP contribution in [0.4, 0.5) is 0 Å². The number of amides is 2. The maximum Gasteiger partial charge on any atom is 0.266 e. The van der Waals surface area contributed by atoms with E-state index < -0.39 is 5.92 Å². The molecule has 1 aromatic heterocycles. The number of aromatic nitrogens is 2. The summed E-state index contributed by atoms with van der Waals surface area (Å²) in [5.74, 6) is -0.973. The minimum atomic E-state index is -0.427. The van der Waals surface area contributed by atoms with Crippen molar-refractivity contribution < 1.29 is 9.59 Å². The molecular weight excluding hydrogens is 390 g/mol. The van der Waals surface area contributed by atoms with Crippen LogP contribution in [0.2, 0.25) is 5.02 Å². The fraction of sp³-hybridized carbons (Fsp3) is 0.227. The van der Waals surface area contributed by atoms with Crippen molar-refractivity contribution in [3.8, 4) is 11.1 Å². The van der Waals surface area contributed by atoms with E-state index in [4.69, 9.17) is 11.6 Å². The van der Waals surface area contributed by atoms with Crippen LogP contribution in [0.1, 0.15) is 29.9 Å². The minimum Gasteiger partial charge on any atom is -0.296 e. The molecule has 7 heteroatoms. The summed E-state index contributed by atoms with van der Waals surface area (Å²) in [5, 5.41) is 2.91. The molecule has 0 saturated carbocycles. The van der Waals surface area contributed by atoms with Gasteiger partial charge in [0.25, 0.3) is 5.56 Å². The predicted molar refractivity (Wildman–Crippen MR) is 111 cm³/mol. The number of nitrogens with one attached hydrogen (secondary N) is 1. The van der Waals surface area contributed by atoms with E-state index >= 15 is 0 Å². The molecule has 2 heterocycles. The van der Waals surface area contributed by atoms with Gasteiger partial charge in [-0.15, -0.1) is 0 Å². The third-order valence-electron chi connectivity index (χ3n) is 5.31. The molecule has 0 spiro atoms. The molecule has 1 aliphatic heterocycles. The van der Waals surface area contributed by atoms with E-state index in [2.05, 4.69) is 5.32 Å². The first-order chi connectivity index (χ1) is 13.9. The molecule has 3 aromatic rings. The molecule has 4 rings (SSSR count). The highest BCUT2D eigenvalue weighted by Crippen LogP contribution is 2.37. The minimum absolute atomic E-state index is 0.0448. The third-order valence-corrected chi connectivity index (χ3v) is 5.73. The Balaban J connectivity index is 1.61. The molecule has 148 valence electrons. The summed E-state index contributed by atoms with van der Waals surface area (Å²) in [6, 6.07) is 15.0. The average Bonchev–Trinajstić information content (AvgIpc) is 3.01. The molecule has 2 aromatic carbocycles. The van der Waals surface area contributed by atoms with E-state index in [9.17, 15) is 14.4 Å². The summed E-state index contributed by atoms with van der Waals surface area (Å²) < 4.78 is 3.40. The Kier molecular flexibility index (Phi) is 5.11. The number of halogens is 1. The van der Waals surface area contributed by atoms with Crippen LogP contribution in [-0.2, 0) is 23.2 Å². The molecular formula is C22H20ClN3O3. The Morgan fingerprint density at radius 3 is 2.48 bits per heavy atom. The van der Waals surface area contributed by atoms with Crippen molar-refractivity contribution >= 4 is 23.4 Å². The number of aryl methyl sites for hydroxylation is 1. The number of benzene rings is 2. The van der Waals surface area contributed by atoms with Crippen molar-refractivity contribution in [2.24, 2.45) is 7.05 Å². The first-order valence-electron chi connectivity index (χ1n) is 9.38. The van der Waals surface area contributed by atoms with Crippen LogP contribution >= 0.6 is 11.6 Å². The smallest absolute Gasteiger partial charge is 0.266 e. The van der Waals surface area contributed by atoms with Crippen molar-refractivity contribution in [3.05, 3.63) is 81.2 Å². The molecule has 0 bridgehead atoms. The summed E-state index contributed by atoms with van der Waals surface area (Å²) in [7, 11) is 1.83. The second-order valence-corrected chi connectivity index (χ2v) is 7.57. The fourth-order valence-corrected chi connectivity index (χ4v) is 4.04. The van der Waals surface area contributed by atoms with E-state index in [0.29, 0.717) is 24.4 Å². The first kappa shape index (κ1) is 19.2. The molecule has 2 amide bonds. The van der Waals surface area contributed by atoms with Gasteiger partial charge in [0.2, 0.25) is 11.8 Å². The highest BCUT2D eigenvalue weighted by atomic mass is 35.5. The predicted octanol–water partition coefficient (Wildman–Crippen LogP) is 3.08. The van der Waals surface area contributed by atoms with Gasteiger partial charge in [-0.3, -0.25) is 24.4 Å². The summed E-state index contributed by atoms with van der Waals surface area (Å²) in [6.45, 7) is 0.479. The molecule has 29 heavy (non-hydrogen) atoms. The Morgan fingerprint density at radius 2 is 1.83 bits per heavy atom. The van der Waals surface area contributed by atoms with Gasteiger partial charge >= 0.3 is 0 Å². The molecule has 0 aliphatic carbocycles.